The first kappa shape index (κ1) is 52.1. The Morgan fingerprint density at radius 2 is 1.45 bits per heavy atom. The van der Waals surface area contributed by atoms with E-state index in [1.807, 2.05) is 54.6 Å². The fourth-order valence-corrected chi connectivity index (χ4v) is 11.9. The maximum atomic E-state index is 17.1. The number of ether oxygens (including phenoxy) is 4. The van der Waals surface area contributed by atoms with Crippen LogP contribution in [0.5, 0.6) is 11.5 Å². The third kappa shape index (κ3) is 11.3. The van der Waals surface area contributed by atoms with E-state index in [0.717, 1.165) is 24.5 Å². The molecule has 1 saturated carbocycles. The fraction of sp³-hybridized carbons (Fsp3) is 0.375. The molecule has 1 amide bonds. The minimum absolute atomic E-state index is 0.0105. The first-order valence-electron chi connectivity index (χ1n) is 25.1. The highest BCUT2D eigenvalue weighted by Crippen LogP contribution is 2.58. The summed E-state index contributed by atoms with van der Waals surface area (Å²) in [5.74, 6) is -2.57. The number of amides is 1. The van der Waals surface area contributed by atoms with Crippen molar-refractivity contribution in [3.8, 4) is 11.5 Å². The smallest absolute Gasteiger partial charge is 0.476 e. The number of hydrogen-bond acceptors (Lipinski definition) is 13. The highest BCUT2D eigenvalue weighted by molar-refractivity contribution is 7.48. The Hall–Kier alpha value is -6.40. The average molecular weight is 1060 g/mol. The van der Waals surface area contributed by atoms with Gasteiger partial charge in [0.25, 0.3) is 0 Å². The third-order valence-electron chi connectivity index (χ3n) is 14.6. The van der Waals surface area contributed by atoms with E-state index in [9.17, 15) is 14.4 Å². The second kappa shape index (κ2) is 21.0. The number of hydrogen-bond donors (Lipinski definition) is 0. The van der Waals surface area contributed by atoms with Gasteiger partial charge in [-0.1, -0.05) is 112 Å². The lowest BCUT2D eigenvalue weighted by Crippen LogP contribution is -2.43. The van der Waals surface area contributed by atoms with E-state index >= 15 is 13.3 Å². The SMILES string of the molecule is CC(C)(C)[Si](C)(C)OC[C@H]1CN(c2ccc(OC[C@]3(OP(=O)(OCc4ccccc4)OCc4ccccc4)C[C@H]4COc5c(c(F)cc6c(=O)c(C(=O)OCc7ccccc7)cn(C7CC7)c56)N4C3)c(F)c2)C(=O)O1. The van der Waals surface area contributed by atoms with E-state index < -0.39 is 69.6 Å². The molecule has 3 atom stereocenters. The molecule has 6 aromatic rings. The number of pyridine rings is 1. The Balaban J connectivity index is 0.964. The van der Waals surface area contributed by atoms with Gasteiger partial charge in [0.15, 0.2) is 31.5 Å². The Morgan fingerprint density at radius 1 is 0.827 bits per heavy atom. The summed E-state index contributed by atoms with van der Waals surface area (Å²) in [5, 5.41) is -0.105. The molecule has 5 aromatic carbocycles. The number of rotatable bonds is 19. The number of halogens is 2. The Morgan fingerprint density at radius 3 is 2.05 bits per heavy atom. The van der Waals surface area contributed by atoms with E-state index in [1.165, 1.54) is 29.3 Å². The summed E-state index contributed by atoms with van der Waals surface area (Å²) in [5.41, 5.74) is 0.0844. The molecule has 0 unspecified atom stereocenters. The molecule has 0 N–H and O–H groups in total. The number of nitrogens with zero attached hydrogens (tertiary/aromatic N) is 3. The van der Waals surface area contributed by atoms with Crippen LogP contribution in [0, 0.1) is 11.6 Å². The van der Waals surface area contributed by atoms with Crippen molar-refractivity contribution < 1.29 is 59.9 Å². The molecule has 1 aliphatic carbocycles. The molecule has 4 aliphatic rings. The van der Waals surface area contributed by atoms with Gasteiger partial charge in [-0.05, 0) is 65.9 Å². The van der Waals surface area contributed by atoms with Crippen molar-refractivity contribution in [1.82, 2.24) is 4.57 Å². The summed E-state index contributed by atoms with van der Waals surface area (Å²) in [6.45, 7) is 9.91. The zero-order valence-electron chi connectivity index (χ0n) is 42.5. The molecular weight excluding hydrogens is 1000 g/mol. The molecule has 0 bridgehead atoms. The lowest BCUT2D eigenvalue weighted by Gasteiger charge is -2.36. The third-order valence-corrected chi connectivity index (χ3v) is 20.6. The summed E-state index contributed by atoms with van der Waals surface area (Å²) >= 11 is 0. The largest absolute Gasteiger partial charge is 0.487 e. The molecule has 3 aliphatic heterocycles. The number of anilines is 2. The van der Waals surface area contributed by atoms with E-state index in [0.29, 0.717) is 16.6 Å². The first-order chi connectivity index (χ1) is 35.9. The van der Waals surface area contributed by atoms with Crippen LogP contribution in [0.2, 0.25) is 18.1 Å². The Labute approximate surface area is 434 Å². The lowest BCUT2D eigenvalue weighted by molar-refractivity contribution is -0.0139. The molecule has 3 fully saturated rings. The van der Waals surface area contributed by atoms with Gasteiger partial charge in [-0.25, -0.2) is 22.9 Å². The summed E-state index contributed by atoms with van der Waals surface area (Å²) < 4.78 is 99.6. The van der Waals surface area contributed by atoms with E-state index in [1.54, 1.807) is 45.9 Å². The number of esters is 1. The van der Waals surface area contributed by atoms with Crippen molar-refractivity contribution in [3.63, 3.8) is 0 Å². The van der Waals surface area contributed by atoms with E-state index in [2.05, 4.69) is 33.9 Å². The average Bonchev–Trinajstić information content (AvgIpc) is 4.10. The van der Waals surface area contributed by atoms with Crippen molar-refractivity contribution >= 4 is 50.5 Å². The minimum Gasteiger partial charge on any atom is -0.487 e. The highest BCUT2D eigenvalue weighted by Gasteiger charge is 2.54. The molecule has 394 valence electrons. The van der Waals surface area contributed by atoms with Gasteiger partial charge in [-0.15, -0.1) is 0 Å². The van der Waals surface area contributed by atoms with Crippen molar-refractivity contribution in [2.24, 2.45) is 0 Å². The van der Waals surface area contributed by atoms with Crippen molar-refractivity contribution in [2.75, 3.05) is 42.7 Å². The predicted molar refractivity (Wildman–Crippen MR) is 280 cm³/mol. The van der Waals surface area contributed by atoms with E-state index in [-0.39, 0.29) is 97.4 Å². The molecule has 0 spiro atoms. The van der Waals surface area contributed by atoms with Crippen molar-refractivity contribution in [2.45, 2.75) is 102 Å². The van der Waals surface area contributed by atoms with Crippen LogP contribution in [-0.4, -0.2) is 75.6 Å². The van der Waals surface area contributed by atoms with Gasteiger partial charge in [0.1, 0.15) is 42.8 Å². The van der Waals surface area contributed by atoms with Gasteiger partial charge in [0, 0.05) is 24.7 Å². The zero-order valence-corrected chi connectivity index (χ0v) is 44.4. The summed E-state index contributed by atoms with van der Waals surface area (Å²) in [6.07, 6.45) is 1.78. The van der Waals surface area contributed by atoms with Gasteiger partial charge in [0.2, 0.25) is 5.43 Å². The number of carbonyl (C=O) groups is 2. The van der Waals surface area contributed by atoms with Gasteiger partial charge < -0.3 is 32.8 Å². The number of cyclic esters (lactones) is 1. The summed E-state index contributed by atoms with van der Waals surface area (Å²) in [4.78, 5) is 43.9. The van der Waals surface area contributed by atoms with Crippen LogP contribution < -0.4 is 24.7 Å². The quantitative estimate of drug-likeness (QED) is 0.0430. The molecule has 19 heteroatoms. The molecule has 75 heavy (non-hydrogen) atoms. The molecule has 15 nitrogen and oxygen atoms in total. The molecule has 4 heterocycles. The van der Waals surface area contributed by atoms with Crippen LogP contribution in [0.25, 0.3) is 10.9 Å². The second-order valence-corrected chi connectivity index (χ2v) is 27.5. The Kier molecular flexibility index (Phi) is 14.5. The zero-order chi connectivity index (χ0) is 52.7. The number of phosphoric acid groups is 1. The van der Waals surface area contributed by atoms with Crippen molar-refractivity contribution in [1.29, 1.82) is 0 Å². The van der Waals surface area contributed by atoms with Gasteiger partial charge in [0.05, 0.1) is 55.5 Å². The van der Waals surface area contributed by atoms with Gasteiger partial charge in [-0.2, -0.15) is 0 Å². The predicted octanol–water partition coefficient (Wildman–Crippen LogP) is 11.7. The lowest BCUT2D eigenvalue weighted by atomic mass is 10.0. The van der Waals surface area contributed by atoms with Crippen LogP contribution >= 0.6 is 7.82 Å². The fourth-order valence-electron chi connectivity index (χ4n) is 9.37. The minimum atomic E-state index is -4.60. The molecule has 1 aromatic heterocycles. The molecular formula is C56H60F2N3O12PSi. The van der Waals surface area contributed by atoms with Crippen LogP contribution in [0.4, 0.5) is 25.0 Å². The highest BCUT2D eigenvalue weighted by atomic mass is 31.2. The van der Waals surface area contributed by atoms with Crippen LogP contribution in [0.1, 0.15) is 73.1 Å². The van der Waals surface area contributed by atoms with E-state index in [4.69, 9.17) is 36.9 Å². The normalized spacial score (nSPS) is 19.6. The van der Waals surface area contributed by atoms with Crippen LogP contribution in [-0.2, 0) is 51.9 Å². The molecule has 10 rings (SSSR count). The Bertz CT molecular complexity index is 3150. The van der Waals surface area contributed by atoms with Crippen LogP contribution in [0.3, 0.4) is 0 Å². The first-order valence-corrected chi connectivity index (χ1v) is 29.5. The van der Waals surface area contributed by atoms with Gasteiger partial charge >= 0.3 is 19.9 Å². The number of benzene rings is 5. The molecule has 0 radical (unpaired) electrons. The number of aromatic nitrogens is 1. The van der Waals surface area contributed by atoms with Gasteiger partial charge in [-0.3, -0.25) is 23.3 Å². The molecule has 2 saturated heterocycles. The summed E-state index contributed by atoms with van der Waals surface area (Å²) in [7, 11) is -6.74. The monoisotopic (exact) mass is 1060 g/mol. The number of fused-ring (bicyclic) bond motifs is 5. The summed E-state index contributed by atoms with van der Waals surface area (Å²) in [6, 6.07) is 31.7. The maximum absolute atomic E-state index is 17.1. The number of phosphoric ester groups is 1. The van der Waals surface area contributed by atoms with Crippen molar-refractivity contribution in [3.05, 3.63) is 166 Å². The maximum Gasteiger partial charge on any atom is 0.476 e. The second-order valence-electron chi connectivity index (χ2n) is 21.1. The number of carbonyl (C=O) groups excluding carboxylic acids is 2. The topological polar surface area (TPSA) is 154 Å². The van der Waals surface area contributed by atoms with Crippen LogP contribution in [0.15, 0.2) is 126 Å². The standard InChI is InChI=1S/C56H60F2N3O12PSi/c1-55(2,3)75(4,5)71-34-43-28-60(54(64)72-43)41-23-24-48(46(57)25-41)68-36-56(73-74(65,69-31-38-17-11-7-12-18-38)70-32-39-19-13-8-14-20-39)27-42-33-66-52-49-44(26-47(58)50(52)61(42)35-56)51(62)45(29-59(49)40-21-22-40)53(63)67-30-37-15-9-6-10-16-37/h6-20,23-26,29,40,42-43H,21-22,27-28,30-36H2,1-5H3/t42-,43+,56-/m0/s1.